The number of hydrogen-bond acceptors (Lipinski definition) is 2. The SMILES string of the molecule is Cc1ccc(NC(NC(=O)c2cccc(Cl)c2)C(Cl)(Cl)Cl)cc1. The van der Waals surface area contributed by atoms with Crippen molar-refractivity contribution >= 4 is 58.0 Å². The van der Waals surface area contributed by atoms with Crippen LogP contribution in [0.15, 0.2) is 48.5 Å². The predicted molar refractivity (Wildman–Crippen MR) is 97.8 cm³/mol. The van der Waals surface area contributed by atoms with E-state index in [-0.39, 0.29) is 0 Å². The van der Waals surface area contributed by atoms with E-state index in [1.807, 2.05) is 31.2 Å². The maximum atomic E-state index is 12.3. The Hall–Kier alpha value is -1.13. The van der Waals surface area contributed by atoms with Crippen LogP contribution in [0.1, 0.15) is 15.9 Å². The van der Waals surface area contributed by atoms with Gasteiger partial charge in [0, 0.05) is 16.3 Å². The Kier molecular flexibility index (Phi) is 6.04. The van der Waals surface area contributed by atoms with Gasteiger partial charge in [0.05, 0.1) is 0 Å². The summed E-state index contributed by atoms with van der Waals surface area (Å²) in [5.41, 5.74) is 2.20. The average Bonchev–Trinajstić information content (AvgIpc) is 2.47. The van der Waals surface area contributed by atoms with E-state index in [1.165, 1.54) is 6.07 Å². The highest BCUT2D eigenvalue weighted by molar-refractivity contribution is 6.68. The van der Waals surface area contributed by atoms with Gasteiger partial charge in [-0.15, -0.1) is 0 Å². The fraction of sp³-hybridized carbons (Fsp3) is 0.188. The van der Waals surface area contributed by atoms with E-state index in [9.17, 15) is 4.79 Å². The number of halogens is 4. The Morgan fingerprint density at radius 2 is 1.74 bits per heavy atom. The molecule has 23 heavy (non-hydrogen) atoms. The highest BCUT2D eigenvalue weighted by Gasteiger charge is 2.34. The van der Waals surface area contributed by atoms with Gasteiger partial charge in [0.15, 0.2) is 0 Å². The Morgan fingerprint density at radius 3 is 2.30 bits per heavy atom. The minimum Gasteiger partial charge on any atom is -0.362 e. The number of alkyl halides is 3. The van der Waals surface area contributed by atoms with Crippen LogP contribution in [0.4, 0.5) is 5.69 Å². The lowest BCUT2D eigenvalue weighted by molar-refractivity contribution is 0.0942. The third kappa shape index (κ3) is 5.47. The summed E-state index contributed by atoms with van der Waals surface area (Å²) in [6, 6.07) is 14.0. The van der Waals surface area contributed by atoms with Gasteiger partial charge in [-0.05, 0) is 37.3 Å². The van der Waals surface area contributed by atoms with Gasteiger partial charge in [-0.3, -0.25) is 4.79 Å². The molecular weight excluding hydrogens is 378 g/mol. The Balaban J connectivity index is 2.16. The van der Waals surface area contributed by atoms with Gasteiger partial charge < -0.3 is 10.6 Å². The second-order valence-electron chi connectivity index (χ2n) is 4.97. The van der Waals surface area contributed by atoms with Crippen LogP contribution in [0.5, 0.6) is 0 Å². The molecular formula is C16H14Cl4N2O. The van der Waals surface area contributed by atoms with Gasteiger partial charge in [-0.1, -0.05) is 70.2 Å². The lowest BCUT2D eigenvalue weighted by Gasteiger charge is -2.27. The van der Waals surface area contributed by atoms with E-state index in [4.69, 9.17) is 46.4 Å². The van der Waals surface area contributed by atoms with Gasteiger partial charge >= 0.3 is 0 Å². The van der Waals surface area contributed by atoms with E-state index in [0.29, 0.717) is 10.6 Å². The lowest BCUT2D eigenvalue weighted by Crippen LogP contribution is -2.49. The Morgan fingerprint density at radius 1 is 1.09 bits per heavy atom. The van der Waals surface area contributed by atoms with Crippen molar-refractivity contribution in [1.29, 1.82) is 0 Å². The topological polar surface area (TPSA) is 41.1 Å². The van der Waals surface area contributed by atoms with Crippen LogP contribution in [-0.4, -0.2) is 15.9 Å². The molecule has 0 saturated heterocycles. The van der Waals surface area contributed by atoms with Gasteiger partial charge in [0.1, 0.15) is 6.17 Å². The summed E-state index contributed by atoms with van der Waals surface area (Å²) in [4.78, 5) is 12.3. The zero-order valence-corrected chi connectivity index (χ0v) is 15.1. The van der Waals surface area contributed by atoms with E-state index >= 15 is 0 Å². The van der Waals surface area contributed by atoms with Crippen molar-refractivity contribution < 1.29 is 4.79 Å². The van der Waals surface area contributed by atoms with Crippen molar-refractivity contribution in [2.75, 3.05) is 5.32 Å². The molecule has 1 atom stereocenters. The third-order valence-electron chi connectivity index (χ3n) is 3.05. The molecule has 0 aliphatic rings. The van der Waals surface area contributed by atoms with Crippen molar-refractivity contribution in [2.24, 2.45) is 0 Å². The second-order valence-corrected chi connectivity index (χ2v) is 7.77. The van der Waals surface area contributed by atoms with Crippen molar-refractivity contribution in [3.63, 3.8) is 0 Å². The number of carbonyl (C=O) groups excluding carboxylic acids is 1. The maximum Gasteiger partial charge on any atom is 0.253 e. The number of amides is 1. The molecule has 0 aliphatic carbocycles. The van der Waals surface area contributed by atoms with Crippen LogP contribution < -0.4 is 10.6 Å². The van der Waals surface area contributed by atoms with Gasteiger partial charge in [0.2, 0.25) is 3.79 Å². The maximum absolute atomic E-state index is 12.3. The summed E-state index contributed by atoms with van der Waals surface area (Å²) in [6.07, 6.45) is -0.915. The van der Waals surface area contributed by atoms with Crippen LogP contribution in [0.3, 0.4) is 0 Å². The average molecular weight is 392 g/mol. The molecule has 1 amide bonds. The zero-order chi connectivity index (χ0) is 17.0. The summed E-state index contributed by atoms with van der Waals surface area (Å²) in [6.45, 7) is 1.97. The van der Waals surface area contributed by atoms with Crippen molar-refractivity contribution in [2.45, 2.75) is 16.9 Å². The van der Waals surface area contributed by atoms with E-state index in [0.717, 1.165) is 11.3 Å². The van der Waals surface area contributed by atoms with Gasteiger partial charge in [0.25, 0.3) is 5.91 Å². The zero-order valence-electron chi connectivity index (χ0n) is 12.1. The van der Waals surface area contributed by atoms with E-state index < -0.39 is 15.9 Å². The van der Waals surface area contributed by atoms with Crippen molar-refractivity contribution in [3.8, 4) is 0 Å². The number of nitrogens with one attached hydrogen (secondary N) is 2. The number of rotatable bonds is 4. The minimum absolute atomic E-state index is 0.377. The normalized spacial score (nSPS) is 12.6. The third-order valence-corrected chi connectivity index (χ3v) is 3.94. The second kappa shape index (κ2) is 7.63. The number of benzene rings is 2. The van der Waals surface area contributed by atoms with E-state index in [2.05, 4.69) is 10.6 Å². The fourth-order valence-corrected chi connectivity index (χ4v) is 2.38. The summed E-state index contributed by atoms with van der Waals surface area (Å²) in [5, 5.41) is 6.11. The first-order chi connectivity index (χ1) is 10.8. The number of anilines is 1. The molecule has 0 spiro atoms. The lowest BCUT2D eigenvalue weighted by atomic mass is 10.2. The number of carbonyl (C=O) groups is 1. The molecule has 3 nitrogen and oxygen atoms in total. The monoisotopic (exact) mass is 390 g/mol. The first kappa shape index (κ1) is 18.2. The molecule has 0 saturated carbocycles. The molecule has 122 valence electrons. The Labute approximate surface area is 154 Å². The van der Waals surface area contributed by atoms with Crippen LogP contribution >= 0.6 is 46.4 Å². The standard InChI is InChI=1S/C16H14Cl4N2O/c1-10-5-7-13(8-6-10)21-15(16(18,19)20)22-14(23)11-3-2-4-12(17)9-11/h2-9,15,21H,1H3,(H,22,23). The predicted octanol–water partition coefficient (Wildman–Crippen LogP) is 5.19. The smallest absolute Gasteiger partial charge is 0.253 e. The van der Waals surface area contributed by atoms with Gasteiger partial charge in [-0.25, -0.2) is 0 Å². The van der Waals surface area contributed by atoms with Crippen molar-refractivity contribution in [3.05, 3.63) is 64.7 Å². The highest BCUT2D eigenvalue weighted by atomic mass is 35.6. The molecule has 7 heteroatoms. The van der Waals surface area contributed by atoms with Crippen LogP contribution in [0, 0.1) is 6.92 Å². The quantitative estimate of drug-likeness (QED) is 0.556. The summed E-state index contributed by atoms with van der Waals surface area (Å²) in [5.74, 6) is -0.400. The molecule has 2 N–H and O–H groups in total. The fourth-order valence-electron chi connectivity index (χ4n) is 1.86. The first-order valence-corrected chi connectivity index (χ1v) is 8.23. The molecule has 1 unspecified atom stereocenters. The summed E-state index contributed by atoms with van der Waals surface area (Å²) < 4.78 is -1.74. The largest absolute Gasteiger partial charge is 0.362 e. The molecule has 0 fully saturated rings. The highest BCUT2D eigenvalue weighted by Crippen LogP contribution is 2.31. The molecule has 2 aromatic carbocycles. The minimum atomic E-state index is -1.74. The molecule has 0 aromatic heterocycles. The van der Waals surface area contributed by atoms with Crippen LogP contribution in [0.25, 0.3) is 0 Å². The summed E-state index contributed by atoms with van der Waals surface area (Å²) >= 11 is 23.8. The molecule has 2 aromatic rings. The van der Waals surface area contributed by atoms with Crippen LogP contribution in [0.2, 0.25) is 5.02 Å². The van der Waals surface area contributed by atoms with Crippen LogP contribution in [-0.2, 0) is 0 Å². The first-order valence-electron chi connectivity index (χ1n) is 6.72. The Bertz CT molecular complexity index is 683. The van der Waals surface area contributed by atoms with Gasteiger partial charge in [-0.2, -0.15) is 0 Å². The summed E-state index contributed by atoms with van der Waals surface area (Å²) in [7, 11) is 0. The molecule has 2 rings (SSSR count). The molecule has 0 bridgehead atoms. The molecule has 0 radical (unpaired) electrons. The number of aryl methyl sites for hydroxylation is 1. The molecule has 0 heterocycles. The molecule has 0 aliphatic heterocycles. The van der Waals surface area contributed by atoms with E-state index in [1.54, 1.807) is 18.2 Å². The van der Waals surface area contributed by atoms with Crippen molar-refractivity contribution in [1.82, 2.24) is 5.32 Å². The number of hydrogen-bond donors (Lipinski definition) is 2.